The molecule has 0 aromatic heterocycles. The molecule has 0 aliphatic carbocycles. The van der Waals surface area contributed by atoms with Gasteiger partial charge in [0.25, 0.3) is 0 Å². The van der Waals surface area contributed by atoms with Crippen LogP contribution in [0.1, 0.15) is 93.9 Å². The molecule has 0 radical (unpaired) electrons. The van der Waals surface area contributed by atoms with E-state index in [1.165, 1.54) is 13.8 Å². The summed E-state index contributed by atoms with van der Waals surface area (Å²) in [6.45, 7) is 12.6. The molecule has 0 aliphatic heterocycles. The van der Waals surface area contributed by atoms with Gasteiger partial charge in [0.2, 0.25) is 0 Å². The number of carbonyl (C=O) groups is 6. The van der Waals surface area contributed by atoms with E-state index in [0.29, 0.717) is 0 Å². The van der Waals surface area contributed by atoms with Crippen molar-refractivity contribution in [3.63, 3.8) is 0 Å². The van der Waals surface area contributed by atoms with Crippen molar-refractivity contribution in [2.75, 3.05) is 0 Å². The molecule has 2 atom stereocenters. The predicted octanol–water partition coefficient (Wildman–Crippen LogP) is 4.11. The van der Waals surface area contributed by atoms with Gasteiger partial charge >= 0.3 is 204 Å². The summed E-state index contributed by atoms with van der Waals surface area (Å²) in [4.78, 5) is 71.1. The first-order chi connectivity index (χ1) is 15.5. The first-order valence-corrected chi connectivity index (χ1v) is 15.6. The average molecular weight is 520 g/mol. The van der Waals surface area contributed by atoms with Gasteiger partial charge in [0.05, 0.1) is 0 Å². The van der Waals surface area contributed by atoms with Gasteiger partial charge in [-0.1, -0.05) is 0 Å². The molecule has 0 N–H and O–H groups in total. The van der Waals surface area contributed by atoms with E-state index in [0.717, 1.165) is 0 Å². The van der Waals surface area contributed by atoms with Crippen LogP contribution in [0, 0.1) is 0 Å². The normalized spacial score (nSPS) is 14.1. The van der Waals surface area contributed by atoms with Crippen molar-refractivity contribution >= 4 is 34.7 Å². The van der Waals surface area contributed by atoms with Crippen molar-refractivity contribution in [2.45, 2.75) is 115 Å². The molecule has 0 amide bonds. The predicted molar refractivity (Wildman–Crippen MR) is 121 cm³/mol. The van der Waals surface area contributed by atoms with Crippen LogP contribution in [-0.4, -0.2) is 46.9 Å². The molecule has 0 fully saturated rings. The SMILES string of the molecule is CCC(CC(=O)C(=O)CC(C)=O)[O][Ti](=[O])([O]C(CC)CC(=O)C(=O)CC(C)=O)([CH](C)C)[CH](C)C. The van der Waals surface area contributed by atoms with Gasteiger partial charge in [0.15, 0.2) is 0 Å². The first-order valence-electron chi connectivity index (χ1n) is 11.9. The fourth-order valence-corrected chi connectivity index (χ4v) is 10.4. The Labute approximate surface area is 203 Å². The zero-order chi connectivity index (χ0) is 26.9. The average Bonchev–Trinajstić information content (AvgIpc) is 2.71. The molecule has 0 aromatic rings. The maximum absolute atomic E-state index is 14.7. The molecular weight excluding hydrogens is 480 g/mol. The zero-order valence-corrected chi connectivity index (χ0v) is 23.3. The van der Waals surface area contributed by atoms with E-state index in [1.54, 1.807) is 41.5 Å². The maximum atomic E-state index is 14.7. The van der Waals surface area contributed by atoms with Crippen LogP contribution in [0.25, 0.3) is 0 Å². The molecule has 0 bridgehead atoms. The Morgan fingerprint density at radius 1 is 0.618 bits per heavy atom. The fraction of sp³-hybridized carbons (Fsp3) is 0.750. The van der Waals surface area contributed by atoms with E-state index in [1.807, 2.05) is 0 Å². The van der Waals surface area contributed by atoms with E-state index in [4.69, 9.17) is 6.64 Å². The summed E-state index contributed by atoms with van der Waals surface area (Å²) in [5, 5.41) is 0. The number of hydrogen-bond donors (Lipinski definition) is 0. The molecule has 0 aliphatic rings. The summed E-state index contributed by atoms with van der Waals surface area (Å²) >= 11 is -5.68. The Balaban J connectivity index is 5.99. The Kier molecular flexibility index (Phi) is 12.9. The van der Waals surface area contributed by atoms with Gasteiger partial charge in [0, 0.05) is 0 Å². The molecule has 9 nitrogen and oxygen atoms in total. The third-order valence-corrected chi connectivity index (χ3v) is 15.0. The summed E-state index contributed by atoms with van der Waals surface area (Å²) in [6.07, 6.45) is -2.96. The molecule has 2 unspecified atom stereocenters. The third kappa shape index (κ3) is 8.91. The van der Waals surface area contributed by atoms with Crippen molar-refractivity contribution in [1.29, 1.82) is 0 Å². The van der Waals surface area contributed by atoms with E-state index in [9.17, 15) is 32.1 Å². The second kappa shape index (κ2) is 13.5. The number of ketones is 6. The summed E-state index contributed by atoms with van der Waals surface area (Å²) in [5.74, 6) is -4.09. The topological polar surface area (TPSA) is 138 Å². The summed E-state index contributed by atoms with van der Waals surface area (Å²) in [7, 11) is 0. The standard InChI is InChI=1S/2C9H13O4.2C3H7.O.Ti/c2*1-3-7(11)5-9(13)8(12)4-6(2)10;2*1-3-2;;/h2*7H,3-5H2,1-2H3;2*3H,1-2H3;;/q2*-1;;;;+2. The van der Waals surface area contributed by atoms with Crippen LogP contribution < -0.4 is 0 Å². The summed E-state index contributed by atoms with van der Waals surface area (Å²) in [5.41, 5.74) is 0. The molecule has 10 heteroatoms. The van der Waals surface area contributed by atoms with Crippen molar-refractivity contribution in [3.8, 4) is 0 Å². The van der Waals surface area contributed by atoms with Crippen LogP contribution in [-0.2, 0) is 54.8 Å². The van der Waals surface area contributed by atoms with Gasteiger partial charge in [-0.05, 0) is 0 Å². The Bertz CT molecular complexity index is 800. The molecule has 0 spiro atoms. The zero-order valence-electron chi connectivity index (χ0n) is 21.7. The van der Waals surface area contributed by atoms with Gasteiger partial charge in [0.1, 0.15) is 0 Å². The summed E-state index contributed by atoms with van der Waals surface area (Å²) < 4.78 is 25.8. The fourth-order valence-electron chi connectivity index (χ4n) is 3.73. The molecule has 0 saturated carbocycles. The quantitative estimate of drug-likeness (QED) is 0.148. The van der Waals surface area contributed by atoms with Gasteiger partial charge in [-0.3, -0.25) is 0 Å². The minimum absolute atomic E-state index is 0.260. The van der Waals surface area contributed by atoms with Gasteiger partial charge in [-0.25, -0.2) is 0 Å². The van der Waals surface area contributed by atoms with E-state index >= 15 is 0 Å². The number of Topliss-reactive ketones (excluding diaryl/α,β-unsaturated/α-hetero) is 6. The molecule has 0 heterocycles. The van der Waals surface area contributed by atoms with Gasteiger partial charge in [-0.2, -0.15) is 0 Å². The molecule has 0 rings (SSSR count). The van der Waals surface area contributed by atoms with Crippen molar-refractivity contribution in [2.24, 2.45) is 0 Å². The van der Waals surface area contributed by atoms with Crippen LogP contribution in [0.2, 0.25) is 8.45 Å². The molecular formula is C24H40O9Ti. The van der Waals surface area contributed by atoms with Crippen LogP contribution in [0.3, 0.4) is 0 Å². The molecule has 0 aromatic carbocycles. The van der Waals surface area contributed by atoms with E-state index in [2.05, 4.69) is 0 Å². The Hall–Kier alpha value is -1.55. The van der Waals surface area contributed by atoms with Crippen LogP contribution in [0.4, 0.5) is 0 Å². The molecule has 34 heavy (non-hydrogen) atoms. The Morgan fingerprint density at radius 3 is 1.12 bits per heavy atom. The van der Waals surface area contributed by atoms with Crippen LogP contribution in [0.5, 0.6) is 0 Å². The second-order valence-electron chi connectivity index (χ2n) is 9.59. The first kappa shape index (κ1) is 32.5. The second-order valence-corrected chi connectivity index (χ2v) is 17.4. The van der Waals surface area contributed by atoms with Crippen LogP contribution >= 0.6 is 0 Å². The minimum atomic E-state index is -5.68. The monoisotopic (exact) mass is 520 g/mol. The number of carbonyl (C=O) groups excluding carboxylic acids is 6. The van der Waals surface area contributed by atoms with Crippen molar-refractivity contribution in [1.82, 2.24) is 0 Å². The van der Waals surface area contributed by atoms with E-state index in [-0.39, 0.29) is 25.7 Å². The Morgan fingerprint density at radius 2 is 0.912 bits per heavy atom. The van der Waals surface area contributed by atoms with Gasteiger partial charge in [-0.15, -0.1) is 0 Å². The van der Waals surface area contributed by atoms with Crippen LogP contribution in [0.15, 0.2) is 0 Å². The van der Waals surface area contributed by atoms with Crippen molar-refractivity contribution < 1.29 is 54.8 Å². The van der Waals surface area contributed by atoms with Gasteiger partial charge < -0.3 is 0 Å². The third-order valence-electron chi connectivity index (χ3n) is 6.06. The van der Waals surface area contributed by atoms with Crippen molar-refractivity contribution in [3.05, 3.63) is 0 Å². The molecule has 194 valence electrons. The number of hydrogen-bond acceptors (Lipinski definition) is 9. The molecule has 0 saturated heterocycles. The number of rotatable bonds is 18. The summed E-state index contributed by atoms with van der Waals surface area (Å²) in [6, 6.07) is 0. The van der Waals surface area contributed by atoms with E-state index < -0.39 is 84.2 Å².